The van der Waals surface area contributed by atoms with E-state index in [9.17, 15) is 18.0 Å². The van der Waals surface area contributed by atoms with E-state index in [-0.39, 0.29) is 42.3 Å². The maximum absolute atomic E-state index is 12.2. The molecule has 1 atom stereocenters. The molecule has 7 heteroatoms. The van der Waals surface area contributed by atoms with Crippen LogP contribution in [0.4, 0.5) is 5.69 Å². The molecule has 24 heavy (non-hydrogen) atoms. The second-order valence-electron chi connectivity index (χ2n) is 6.33. The lowest BCUT2D eigenvalue weighted by Gasteiger charge is -2.26. The molecule has 2 rings (SSSR count). The van der Waals surface area contributed by atoms with Crippen molar-refractivity contribution >= 4 is 27.3 Å². The first kappa shape index (κ1) is 18.4. The average Bonchev–Trinajstić information content (AvgIpc) is 2.83. The van der Waals surface area contributed by atoms with Crippen LogP contribution in [0.5, 0.6) is 0 Å². The second-order valence-corrected chi connectivity index (χ2v) is 8.56. The predicted molar refractivity (Wildman–Crippen MR) is 93.6 cm³/mol. The van der Waals surface area contributed by atoms with Gasteiger partial charge in [0.15, 0.2) is 9.84 Å². The minimum atomic E-state index is -3.07. The van der Waals surface area contributed by atoms with Crippen molar-refractivity contribution in [2.45, 2.75) is 39.7 Å². The van der Waals surface area contributed by atoms with Gasteiger partial charge in [0.2, 0.25) is 11.8 Å². The fraction of sp³-hybridized carbons (Fsp3) is 0.529. The first-order valence-corrected chi connectivity index (χ1v) is 9.85. The lowest BCUT2D eigenvalue weighted by atomic mass is 10.1. The summed E-state index contributed by atoms with van der Waals surface area (Å²) in [5.74, 6) is -0.280. The molecule has 1 heterocycles. The summed E-state index contributed by atoms with van der Waals surface area (Å²) in [5.41, 5.74) is 2.75. The molecule has 2 amide bonds. The molecular weight excluding hydrogens is 328 g/mol. The highest BCUT2D eigenvalue weighted by molar-refractivity contribution is 7.91. The number of rotatable bonds is 5. The van der Waals surface area contributed by atoms with Gasteiger partial charge in [-0.05, 0) is 31.4 Å². The number of para-hydroxylation sites is 1. The second kappa shape index (κ2) is 7.34. The van der Waals surface area contributed by atoms with E-state index < -0.39 is 9.84 Å². The highest BCUT2D eigenvalue weighted by Gasteiger charge is 2.33. The minimum Gasteiger partial charge on any atom is -0.338 e. The van der Waals surface area contributed by atoms with Crippen LogP contribution in [-0.4, -0.2) is 49.2 Å². The third-order valence-electron chi connectivity index (χ3n) is 4.38. The summed E-state index contributed by atoms with van der Waals surface area (Å²) in [6, 6.07) is 5.46. The number of hydrogen-bond acceptors (Lipinski definition) is 4. The highest BCUT2D eigenvalue weighted by atomic mass is 32.2. The fourth-order valence-electron chi connectivity index (χ4n) is 3.05. The van der Waals surface area contributed by atoms with Crippen LogP contribution >= 0.6 is 0 Å². The summed E-state index contributed by atoms with van der Waals surface area (Å²) < 4.78 is 23.2. The summed E-state index contributed by atoms with van der Waals surface area (Å²) in [6.07, 6.45) is 0.588. The van der Waals surface area contributed by atoms with Crippen molar-refractivity contribution in [3.05, 3.63) is 29.3 Å². The molecule has 0 spiro atoms. The third-order valence-corrected chi connectivity index (χ3v) is 6.13. The standard InChI is InChI=1S/C17H24N2O4S/c1-12-5-4-6-13(2)17(12)18-16(21)7-9-19(14(3)20)15-8-10-24(22,23)11-15/h4-6,15H,7-11H2,1-3H3,(H,18,21). The molecule has 0 saturated carbocycles. The molecule has 1 aliphatic heterocycles. The van der Waals surface area contributed by atoms with E-state index >= 15 is 0 Å². The van der Waals surface area contributed by atoms with Crippen LogP contribution in [0.15, 0.2) is 18.2 Å². The van der Waals surface area contributed by atoms with Crippen LogP contribution in [0, 0.1) is 13.8 Å². The van der Waals surface area contributed by atoms with Gasteiger partial charge in [-0.1, -0.05) is 18.2 Å². The number of nitrogens with zero attached hydrogens (tertiary/aromatic N) is 1. The molecule has 0 aliphatic carbocycles. The Morgan fingerprint density at radius 3 is 2.38 bits per heavy atom. The molecule has 0 radical (unpaired) electrons. The molecular formula is C17H24N2O4S. The number of aryl methyl sites for hydroxylation is 2. The van der Waals surface area contributed by atoms with Gasteiger partial charge in [0.25, 0.3) is 0 Å². The van der Waals surface area contributed by atoms with Crippen LogP contribution in [0.3, 0.4) is 0 Å². The summed E-state index contributed by atoms with van der Waals surface area (Å²) in [5, 5.41) is 2.88. The van der Waals surface area contributed by atoms with Crippen molar-refractivity contribution in [2.24, 2.45) is 0 Å². The Labute approximate surface area is 143 Å². The van der Waals surface area contributed by atoms with Crippen molar-refractivity contribution in [3.8, 4) is 0 Å². The molecule has 1 aliphatic rings. The minimum absolute atomic E-state index is 0.00883. The molecule has 1 saturated heterocycles. The first-order valence-electron chi connectivity index (χ1n) is 8.03. The van der Waals surface area contributed by atoms with Gasteiger partial charge in [-0.25, -0.2) is 8.42 Å². The monoisotopic (exact) mass is 352 g/mol. The van der Waals surface area contributed by atoms with Gasteiger partial charge in [0.05, 0.1) is 11.5 Å². The smallest absolute Gasteiger partial charge is 0.226 e. The Hall–Kier alpha value is -1.89. The number of carbonyl (C=O) groups excluding carboxylic acids is 2. The Morgan fingerprint density at radius 1 is 1.25 bits per heavy atom. The Bertz CT molecular complexity index is 723. The summed E-state index contributed by atoms with van der Waals surface area (Å²) in [6.45, 7) is 5.49. The molecule has 0 aromatic heterocycles. The molecule has 1 N–H and O–H groups in total. The predicted octanol–water partition coefficient (Wildman–Crippen LogP) is 1.67. The number of carbonyl (C=O) groups is 2. The van der Waals surface area contributed by atoms with Gasteiger partial charge >= 0.3 is 0 Å². The van der Waals surface area contributed by atoms with E-state index in [1.165, 1.54) is 11.8 Å². The number of benzene rings is 1. The fourth-order valence-corrected chi connectivity index (χ4v) is 4.78. The van der Waals surface area contributed by atoms with Gasteiger partial charge in [-0.3, -0.25) is 9.59 Å². The van der Waals surface area contributed by atoms with Gasteiger partial charge < -0.3 is 10.2 Å². The lowest BCUT2D eigenvalue weighted by molar-refractivity contribution is -0.131. The van der Waals surface area contributed by atoms with Gasteiger partial charge in [0.1, 0.15) is 0 Å². The average molecular weight is 352 g/mol. The lowest BCUT2D eigenvalue weighted by Crippen LogP contribution is -2.41. The van der Waals surface area contributed by atoms with Gasteiger partial charge in [-0.2, -0.15) is 0 Å². The number of anilines is 1. The quantitative estimate of drug-likeness (QED) is 0.874. The topological polar surface area (TPSA) is 83.6 Å². The third kappa shape index (κ3) is 4.56. The van der Waals surface area contributed by atoms with Crippen LogP contribution in [0.1, 0.15) is 30.9 Å². The number of sulfone groups is 1. The zero-order chi connectivity index (χ0) is 17.9. The Balaban J connectivity index is 1.97. The van der Waals surface area contributed by atoms with Gasteiger partial charge in [-0.15, -0.1) is 0 Å². The Morgan fingerprint density at radius 2 is 1.88 bits per heavy atom. The molecule has 1 unspecified atom stereocenters. The van der Waals surface area contributed by atoms with E-state index in [1.807, 2.05) is 32.0 Å². The molecule has 1 fully saturated rings. The zero-order valence-electron chi connectivity index (χ0n) is 14.3. The zero-order valence-corrected chi connectivity index (χ0v) is 15.1. The highest BCUT2D eigenvalue weighted by Crippen LogP contribution is 2.21. The van der Waals surface area contributed by atoms with Crippen molar-refractivity contribution in [1.82, 2.24) is 4.90 Å². The van der Waals surface area contributed by atoms with Crippen LogP contribution in [0.2, 0.25) is 0 Å². The summed E-state index contributed by atoms with van der Waals surface area (Å²) in [4.78, 5) is 25.5. The SMILES string of the molecule is CC(=O)N(CCC(=O)Nc1c(C)cccc1C)C1CCS(=O)(=O)C1. The number of amides is 2. The van der Waals surface area contributed by atoms with Crippen molar-refractivity contribution in [2.75, 3.05) is 23.4 Å². The Kier molecular flexibility index (Phi) is 5.64. The van der Waals surface area contributed by atoms with Crippen LogP contribution < -0.4 is 5.32 Å². The van der Waals surface area contributed by atoms with Gasteiger partial charge in [0, 0.05) is 31.6 Å². The van der Waals surface area contributed by atoms with E-state index in [4.69, 9.17) is 0 Å². The van der Waals surface area contributed by atoms with Crippen molar-refractivity contribution < 1.29 is 18.0 Å². The maximum Gasteiger partial charge on any atom is 0.226 e. The molecule has 0 bridgehead atoms. The molecule has 6 nitrogen and oxygen atoms in total. The van der Waals surface area contributed by atoms with Crippen molar-refractivity contribution in [1.29, 1.82) is 0 Å². The van der Waals surface area contributed by atoms with E-state index in [0.29, 0.717) is 6.42 Å². The molecule has 1 aromatic carbocycles. The number of hydrogen-bond donors (Lipinski definition) is 1. The van der Waals surface area contributed by atoms with E-state index in [0.717, 1.165) is 16.8 Å². The summed E-state index contributed by atoms with van der Waals surface area (Å²) >= 11 is 0. The maximum atomic E-state index is 12.2. The van der Waals surface area contributed by atoms with Crippen LogP contribution in [-0.2, 0) is 19.4 Å². The van der Waals surface area contributed by atoms with E-state index in [2.05, 4.69) is 5.32 Å². The van der Waals surface area contributed by atoms with Crippen molar-refractivity contribution in [3.63, 3.8) is 0 Å². The molecule has 1 aromatic rings. The molecule has 132 valence electrons. The first-order chi connectivity index (χ1) is 11.2. The van der Waals surface area contributed by atoms with E-state index in [1.54, 1.807) is 0 Å². The largest absolute Gasteiger partial charge is 0.338 e. The summed E-state index contributed by atoms with van der Waals surface area (Å²) in [7, 11) is -3.07. The normalized spacial score (nSPS) is 19.0. The number of nitrogens with one attached hydrogen (secondary N) is 1. The van der Waals surface area contributed by atoms with Crippen LogP contribution in [0.25, 0.3) is 0 Å².